The molecule has 0 aliphatic carbocycles. The topological polar surface area (TPSA) is 59.1 Å². The van der Waals surface area contributed by atoms with Gasteiger partial charge in [-0.15, -0.1) is 0 Å². The van der Waals surface area contributed by atoms with Crippen LogP contribution in [-0.2, 0) is 9.53 Å². The van der Waals surface area contributed by atoms with Gasteiger partial charge in [0.1, 0.15) is 5.75 Å². The Labute approximate surface area is 139 Å². The van der Waals surface area contributed by atoms with E-state index in [9.17, 15) is 9.59 Å². The van der Waals surface area contributed by atoms with Crippen molar-refractivity contribution in [1.29, 1.82) is 0 Å². The van der Waals surface area contributed by atoms with E-state index in [-0.39, 0.29) is 12.0 Å². The number of rotatable bonds is 1. The van der Waals surface area contributed by atoms with Crippen LogP contribution in [0.1, 0.15) is 12.0 Å². The Kier molecular flexibility index (Phi) is 3.33. The highest BCUT2D eigenvalue weighted by atomic mass is 16.6. The van der Waals surface area contributed by atoms with E-state index < -0.39 is 5.60 Å². The minimum Gasteiger partial charge on any atom is -0.464 e. The van der Waals surface area contributed by atoms with E-state index in [1.807, 2.05) is 30.3 Å². The lowest BCUT2D eigenvalue weighted by atomic mass is 10.0. The van der Waals surface area contributed by atoms with Gasteiger partial charge in [0, 0.05) is 31.1 Å². The van der Waals surface area contributed by atoms with Crippen LogP contribution in [0.4, 0.5) is 4.79 Å². The van der Waals surface area contributed by atoms with Crippen LogP contribution in [0, 0.1) is 0 Å². The number of carbonyl (C=O) groups is 2. The Hall–Kier alpha value is -2.76. The van der Waals surface area contributed by atoms with E-state index in [0.717, 1.165) is 11.3 Å². The van der Waals surface area contributed by atoms with Gasteiger partial charge in [-0.25, -0.2) is 4.79 Å². The van der Waals surface area contributed by atoms with Crippen molar-refractivity contribution >= 4 is 18.1 Å². The summed E-state index contributed by atoms with van der Waals surface area (Å²) < 4.78 is 11.0. The van der Waals surface area contributed by atoms with Gasteiger partial charge >= 0.3 is 6.09 Å². The molecule has 3 heterocycles. The monoisotopic (exact) mass is 326 g/mol. The number of hydrogen-bond acceptors (Lipinski definition) is 4. The average molecular weight is 326 g/mol. The van der Waals surface area contributed by atoms with Gasteiger partial charge in [-0.3, -0.25) is 4.79 Å². The molecule has 1 aromatic carbocycles. The summed E-state index contributed by atoms with van der Waals surface area (Å²) in [6.07, 6.45) is 5.39. The van der Waals surface area contributed by atoms with Crippen LogP contribution in [0.25, 0.3) is 6.08 Å². The van der Waals surface area contributed by atoms with Gasteiger partial charge in [0.15, 0.2) is 5.60 Å². The first kappa shape index (κ1) is 14.8. The molecular weight excluding hydrogens is 308 g/mol. The van der Waals surface area contributed by atoms with Crippen LogP contribution in [0.5, 0.6) is 5.75 Å². The van der Waals surface area contributed by atoms with E-state index in [4.69, 9.17) is 9.47 Å². The fourth-order valence-electron chi connectivity index (χ4n) is 3.44. The Morgan fingerprint density at radius 3 is 2.88 bits per heavy atom. The molecule has 3 aliphatic heterocycles. The third kappa shape index (κ3) is 2.44. The van der Waals surface area contributed by atoms with E-state index >= 15 is 0 Å². The molecular formula is C18H18N2O4. The molecule has 2 saturated heterocycles. The summed E-state index contributed by atoms with van der Waals surface area (Å²) in [5, 5.41) is 0. The van der Waals surface area contributed by atoms with Crippen LogP contribution < -0.4 is 4.74 Å². The number of likely N-dealkylation sites (N-methyl/N-ethyl adjacent to an activating group) is 1. The lowest BCUT2D eigenvalue weighted by molar-refractivity contribution is -0.126. The normalized spacial score (nSPS) is 25.2. The summed E-state index contributed by atoms with van der Waals surface area (Å²) in [7, 11) is 1.71. The predicted octanol–water partition coefficient (Wildman–Crippen LogP) is 2.03. The largest absolute Gasteiger partial charge is 0.464 e. The summed E-state index contributed by atoms with van der Waals surface area (Å²) in [5.41, 5.74) is 0.867. The number of amides is 2. The zero-order valence-corrected chi connectivity index (χ0v) is 13.4. The Morgan fingerprint density at radius 1 is 1.25 bits per heavy atom. The summed E-state index contributed by atoms with van der Waals surface area (Å²) in [5.74, 6) is 0.648. The molecule has 4 rings (SSSR count). The number of nitrogens with zero attached hydrogens (tertiary/aromatic N) is 2. The summed E-state index contributed by atoms with van der Waals surface area (Å²) in [4.78, 5) is 27.8. The molecule has 24 heavy (non-hydrogen) atoms. The van der Waals surface area contributed by atoms with Gasteiger partial charge in [0.2, 0.25) is 0 Å². The van der Waals surface area contributed by atoms with Crippen molar-refractivity contribution in [1.82, 2.24) is 9.80 Å². The lowest BCUT2D eigenvalue weighted by Gasteiger charge is -2.22. The molecule has 0 unspecified atom stereocenters. The number of fused-ring (bicyclic) bond motifs is 1. The van der Waals surface area contributed by atoms with Crippen molar-refractivity contribution in [2.75, 3.05) is 26.7 Å². The van der Waals surface area contributed by atoms with E-state index in [1.54, 1.807) is 22.9 Å². The summed E-state index contributed by atoms with van der Waals surface area (Å²) in [6.45, 7) is 1.53. The third-order valence-electron chi connectivity index (χ3n) is 4.66. The quantitative estimate of drug-likeness (QED) is 0.792. The zero-order valence-electron chi connectivity index (χ0n) is 13.4. The number of benzene rings is 1. The molecule has 1 aromatic rings. The second-order valence-corrected chi connectivity index (χ2v) is 6.44. The standard InChI is InChI=1S/C18H18N2O4/c1-19-11-18(24-17(19)22)7-8-20(12-18)16(21)14-6-9-23-15-5-3-2-4-13(15)10-14/h2-6,9-10H,7-8,11-12H2,1H3/t18-/m0/s1. The van der Waals surface area contributed by atoms with Crippen LogP contribution in [-0.4, -0.2) is 54.1 Å². The molecule has 0 aromatic heterocycles. The van der Waals surface area contributed by atoms with E-state index in [1.165, 1.54) is 6.26 Å². The molecule has 6 nitrogen and oxygen atoms in total. The van der Waals surface area contributed by atoms with Crippen molar-refractivity contribution in [2.24, 2.45) is 0 Å². The fraction of sp³-hybridized carbons (Fsp3) is 0.333. The van der Waals surface area contributed by atoms with E-state index in [0.29, 0.717) is 31.6 Å². The van der Waals surface area contributed by atoms with Gasteiger partial charge in [0.05, 0.1) is 19.4 Å². The molecule has 2 fully saturated rings. The van der Waals surface area contributed by atoms with Crippen molar-refractivity contribution in [2.45, 2.75) is 12.0 Å². The Bertz CT molecular complexity index is 770. The van der Waals surface area contributed by atoms with Crippen molar-refractivity contribution in [3.63, 3.8) is 0 Å². The summed E-state index contributed by atoms with van der Waals surface area (Å²) in [6, 6.07) is 7.57. The minimum absolute atomic E-state index is 0.0750. The van der Waals surface area contributed by atoms with Gasteiger partial charge < -0.3 is 19.3 Å². The highest BCUT2D eigenvalue weighted by Crippen LogP contribution is 2.33. The average Bonchev–Trinajstić information content (AvgIpc) is 3.00. The molecule has 6 heteroatoms. The smallest absolute Gasteiger partial charge is 0.410 e. The molecule has 0 bridgehead atoms. The zero-order chi connectivity index (χ0) is 16.7. The number of para-hydroxylation sites is 1. The second-order valence-electron chi connectivity index (χ2n) is 6.44. The number of carbonyl (C=O) groups excluding carboxylic acids is 2. The Morgan fingerprint density at radius 2 is 2.08 bits per heavy atom. The summed E-state index contributed by atoms with van der Waals surface area (Å²) >= 11 is 0. The van der Waals surface area contributed by atoms with Crippen molar-refractivity contribution in [3.8, 4) is 5.75 Å². The van der Waals surface area contributed by atoms with Crippen LogP contribution in [0.15, 0.2) is 42.2 Å². The molecule has 2 amide bonds. The molecule has 0 N–H and O–H groups in total. The molecule has 0 saturated carbocycles. The van der Waals surface area contributed by atoms with Crippen LogP contribution >= 0.6 is 0 Å². The maximum Gasteiger partial charge on any atom is 0.410 e. The van der Waals surface area contributed by atoms with Gasteiger partial charge in [-0.05, 0) is 18.2 Å². The second kappa shape index (κ2) is 5.40. The SMILES string of the molecule is CN1C[C@]2(CCN(C(=O)C3=Cc4ccccc4OC=C3)C2)OC1=O. The number of likely N-dealkylation sites (tertiary alicyclic amines) is 1. The van der Waals surface area contributed by atoms with Crippen molar-refractivity contribution in [3.05, 3.63) is 47.7 Å². The maximum absolute atomic E-state index is 12.9. The molecule has 0 radical (unpaired) electrons. The first-order valence-electron chi connectivity index (χ1n) is 7.94. The van der Waals surface area contributed by atoms with E-state index in [2.05, 4.69) is 0 Å². The molecule has 3 aliphatic rings. The van der Waals surface area contributed by atoms with Crippen LogP contribution in [0.3, 0.4) is 0 Å². The lowest BCUT2D eigenvalue weighted by Crippen LogP contribution is -2.39. The Balaban J connectivity index is 1.55. The maximum atomic E-state index is 12.9. The third-order valence-corrected chi connectivity index (χ3v) is 4.66. The molecule has 124 valence electrons. The number of ether oxygens (including phenoxy) is 2. The molecule has 1 atom stereocenters. The minimum atomic E-state index is -0.565. The predicted molar refractivity (Wildman–Crippen MR) is 87.2 cm³/mol. The van der Waals surface area contributed by atoms with Gasteiger partial charge in [-0.2, -0.15) is 0 Å². The van der Waals surface area contributed by atoms with Crippen LogP contribution in [0.2, 0.25) is 0 Å². The van der Waals surface area contributed by atoms with Crippen molar-refractivity contribution < 1.29 is 19.1 Å². The van der Waals surface area contributed by atoms with Gasteiger partial charge in [-0.1, -0.05) is 18.2 Å². The first-order chi connectivity index (χ1) is 11.6. The van der Waals surface area contributed by atoms with Gasteiger partial charge in [0.25, 0.3) is 5.91 Å². The molecule has 1 spiro atoms. The highest BCUT2D eigenvalue weighted by molar-refractivity contribution is 6.01. The number of hydrogen-bond donors (Lipinski definition) is 0. The highest BCUT2D eigenvalue weighted by Gasteiger charge is 2.49. The fourth-order valence-corrected chi connectivity index (χ4v) is 3.44. The first-order valence-corrected chi connectivity index (χ1v) is 7.94.